The summed E-state index contributed by atoms with van der Waals surface area (Å²) in [5, 5.41) is 10.4. The van der Waals surface area contributed by atoms with Crippen LogP contribution >= 0.6 is 15.9 Å². The average molecular weight is 282 g/mol. The number of rotatable bonds is 4. The number of nitrogens with zero attached hydrogens (tertiary/aromatic N) is 1. The summed E-state index contributed by atoms with van der Waals surface area (Å²) in [7, 11) is 0. The minimum atomic E-state index is -2.58. The first kappa shape index (κ1) is 11.8. The third kappa shape index (κ3) is 3.43. The molecule has 82 valence electrons. The molecule has 0 spiro atoms. The van der Waals surface area contributed by atoms with E-state index in [0.29, 0.717) is 0 Å². The van der Waals surface area contributed by atoms with E-state index in [2.05, 4.69) is 15.9 Å². The predicted molar refractivity (Wildman–Crippen MR) is 52.3 cm³/mol. The van der Waals surface area contributed by atoms with E-state index in [1.165, 1.54) is 18.2 Å². The van der Waals surface area contributed by atoms with Crippen molar-refractivity contribution < 1.29 is 18.4 Å². The number of hydrogen-bond donors (Lipinski definition) is 0. The monoisotopic (exact) mass is 281 g/mol. The van der Waals surface area contributed by atoms with Crippen LogP contribution in [0.2, 0.25) is 0 Å². The van der Waals surface area contributed by atoms with Gasteiger partial charge in [-0.25, -0.2) is 8.78 Å². The van der Waals surface area contributed by atoms with Gasteiger partial charge < -0.3 is 4.74 Å². The zero-order valence-corrected chi connectivity index (χ0v) is 8.91. The van der Waals surface area contributed by atoms with Gasteiger partial charge in [0.25, 0.3) is 12.1 Å². The Labute approximate surface area is 92.1 Å². The number of non-ortho nitro benzene ring substituents is 1. The first-order chi connectivity index (χ1) is 7.00. The van der Waals surface area contributed by atoms with Crippen LogP contribution in [0.25, 0.3) is 0 Å². The third-order valence-corrected chi connectivity index (χ3v) is 2.11. The fraction of sp³-hybridized carbons (Fsp3) is 0.250. The smallest absolute Gasteiger partial charge is 0.272 e. The summed E-state index contributed by atoms with van der Waals surface area (Å²) in [6, 6.07) is 3.65. The quantitative estimate of drug-likeness (QED) is 0.630. The molecule has 0 fully saturated rings. The molecule has 0 amide bonds. The Hall–Kier alpha value is -1.24. The summed E-state index contributed by atoms with van der Waals surface area (Å²) < 4.78 is 28.6. The highest BCUT2D eigenvalue weighted by molar-refractivity contribution is 9.10. The maximum Gasteiger partial charge on any atom is 0.272 e. The molecule has 0 heterocycles. The van der Waals surface area contributed by atoms with E-state index in [1.54, 1.807) is 0 Å². The summed E-state index contributed by atoms with van der Waals surface area (Å²) >= 11 is 2.99. The summed E-state index contributed by atoms with van der Waals surface area (Å²) in [5.74, 6) is 0.154. The summed E-state index contributed by atoms with van der Waals surface area (Å²) in [6.45, 7) is -0.740. The molecule has 7 heteroatoms. The molecule has 0 aromatic heterocycles. The van der Waals surface area contributed by atoms with Crippen LogP contribution < -0.4 is 4.74 Å². The van der Waals surface area contributed by atoms with E-state index in [9.17, 15) is 18.9 Å². The van der Waals surface area contributed by atoms with Crippen molar-refractivity contribution in [1.82, 2.24) is 0 Å². The molecule has 1 rings (SSSR count). The molecule has 15 heavy (non-hydrogen) atoms. The molecule has 1 aromatic carbocycles. The normalized spacial score (nSPS) is 10.4. The van der Waals surface area contributed by atoms with Gasteiger partial charge in [0.2, 0.25) is 0 Å². The summed E-state index contributed by atoms with van der Waals surface area (Å²) in [5.41, 5.74) is -0.133. The molecule has 0 aliphatic heterocycles. The highest BCUT2D eigenvalue weighted by atomic mass is 79.9. The minimum absolute atomic E-state index is 0.133. The number of hydrogen-bond acceptors (Lipinski definition) is 3. The fourth-order valence-electron chi connectivity index (χ4n) is 0.873. The molecule has 0 radical (unpaired) electrons. The Morgan fingerprint density at radius 3 is 2.67 bits per heavy atom. The Morgan fingerprint density at radius 1 is 1.53 bits per heavy atom. The molecule has 1 aromatic rings. The van der Waals surface area contributed by atoms with Crippen molar-refractivity contribution in [3.05, 3.63) is 32.8 Å². The second-order valence-electron chi connectivity index (χ2n) is 2.57. The predicted octanol–water partition coefficient (Wildman–Crippen LogP) is 3.00. The van der Waals surface area contributed by atoms with Gasteiger partial charge >= 0.3 is 0 Å². The van der Waals surface area contributed by atoms with Crippen molar-refractivity contribution in [2.45, 2.75) is 6.43 Å². The number of ether oxygens (including phenoxy) is 1. The van der Waals surface area contributed by atoms with E-state index >= 15 is 0 Å². The van der Waals surface area contributed by atoms with E-state index in [0.717, 1.165) is 0 Å². The van der Waals surface area contributed by atoms with Crippen molar-refractivity contribution in [1.29, 1.82) is 0 Å². The molecular weight excluding hydrogens is 276 g/mol. The van der Waals surface area contributed by atoms with Crippen molar-refractivity contribution in [2.24, 2.45) is 0 Å². The zero-order chi connectivity index (χ0) is 11.4. The van der Waals surface area contributed by atoms with Gasteiger partial charge in [0, 0.05) is 12.1 Å². The first-order valence-corrected chi connectivity index (χ1v) is 4.65. The van der Waals surface area contributed by atoms with E-state index in [4.69, 9.17) is 4.74 Å². The number of alkyl halides is 2. The lowest BCUT2D eigenvalue weighted by Crippen LogP contribution is -2.07. The van der Waals surface area contributed by atoms with Gasteiger partial charge in [0.05, 0.1) is 9.40 Å². The van der Waals surface area contributed by atoms with E-state index in [-0.39, 0.29) is 15.9 Å². The van der Waals surface area contributed by atoms with Crippen LogP contribution in [0.1, 0.15) is 0 Å². The van der Waals surface area contributed by atoms with Crippen LogP contribution in [0.5, 0.6) is 5.75 Å². The SMILES string of the molecule is O=[N+]([O-])c1ccc(OCC(F)F)c(Br)c1. The summed E-state index contributed by atoms with van der Waals surface area (Å²) in [4.78, 5) is 9.77. The molecule has 0 aliphatic rings. The van der Waals surface area contributed by atoms with Gasteiger partial charge in [-0.15, -0.1) is 0 Å². The van der Waals surface area contributed by atoms with Gasteiger partial charge in [-0.3, -0.25) is 10.1 Å². The molecule has 4 nitrogen and oxygen atoms in total. The molecule has 0 bridgehead atoms. The maximum atomic E-state index is 11.8. The maximum absolute atomic E-state index is 11.8. The highest BCUT2D eigenvalue weighted by Gasteiger charge is 2.11. The second kappa shape index (κ2) is 5.01. The molecular formula is C8H6BrF2NO3. The molecule has 0 saturated heterocycles. The van der Waals surface area contributed by atoms with Gasteiger partial charge in [0.15, 0.2) is 0 Å². The summed E-state index contributed by atoms with van der Waals surface area (Å²) in [6.07, 6.45) is -2.58. The van der Waals surface area contributed by atoms with Gasteiger partial charge in [-0.05, 0) is 22.0 Å². The minimum Gasteiger partial charge on any atom is -0.486 e. The van der Waals surface area contributed by atoms with Crippen molar-refractivity contribution in [2.75, 3.05) is 6.61 Å². The Kier molecular flexibility index (Phi) is 3.96. The van der Waals surface area contributed by atoms with Gasteiger partial charge in [0.1, 0.15) is 12.4 Å². The topological polar surface area (TPSA) is 52.4 Å². The van der Waals surface area contributed by atoms with Crippen molar-refractivity contribution in [3.63, 3.8) is 0 Å². The Bertz CT molecular complexity index is 373. The van der Waals surface area contributed by atoms with Crippen LogP contribution in [-0.4, -0.2) is 18.0 Å². The van der Waals surface area contributed by atoms with Crippen LogP contribution in [-0.2, 0) is 0 Å². The first-order valence-electron chi connectivity index (χ1n) is 3.85. The van der Waals surface area contributed by atoms with Crippen LogP contribution in [0.3, 0.4) is 0 Å². The number of halogens is 3. The molecule has 0 atom stereocenters. The second-order valence-corrected chi connectivity index (χ2v) is 3.43. The Morgan fingerprint density at radius 2 is 2.20 bits per heavy atom. The van der Waals surface area contributed by atoms with E-state index < -0.39 is 18.0 Å². The number of nitro groups is 1. The number of benzene rings is 1. The Balaban J connectivity index is 2.79. The molecule has 0 aliphatic carbocycles. The highest BCUT2D eigenvalue weighted by Crippen LogP contribution is 2.29. The van der Waals surface area contributed by atoms with Crippen molar-refractivity contribution in [3.8, 4) is 5.75 Å². The zero-order valence-electron chi connectivity index (χ0n) is 7.32. The third-order valence-electron chi connectivity index (χ3n) is 1.49. The molecule has 0 N–H and O–H groups in total. The van der Waals surface area contributed by atoms with Crippen LogP contribution in [0, 0.1) is 10.1 Å². The van der Waals surface area contributed by atoms with Crippen LogP contribution in [0.15, 0.2) is 22.7 Å². The standard InChI is InChI=1S/C8H6BrF2NO3/c9-6-3-5(12(13)14)1-2-7(6)15-4-8(10)11/h1-3,8H,4H2. The largest absolute Gasteiger partial charge is 0.486 e. The van der Waals surface area contributed by atoms with Gasteiger partial charge in [-0.1, -0.05) is 0 Å². The van der Waals surface area contributed by atoms with E-state index in [1.807, 2.05) is 0 Å². The lowest BCUT2D eigenvalue weighted by molar-refractivity contribution is -0.385. The average Bonchev–Trinajstić information content (AvgIpc) is 2.15. The number of nitro benzene ring substituents is 1. The lowest BCUT2D eigenvalue weighted by atomic mass is 10.3. The van der Waals surface area contributed by atoms with Gasteiger partial charge in [-0.2, -0.15) is 0 Å². The van der Waals surface area contributed by atoms with Crippen molar-refractivity contribution >= 4 is 21.6 Å². The lowest BCUT2D eigenvalue weighted by Gasteiger charge is -2.06. The van der Waals surface area contributed by atoms with Crippen LogP contribution in [0.4, 0.5) is 14.5 Å². The fourth-order valence-corrected chi connectivity index (χ4v) is 1.35. The molecule has 0 unspecified atom stereocenters. The molecule has 0 saturated carbocycles.